The zero-order valence-corrected chi connectivity index (χ0v) is 12.8. The average Bonchev–Trinajstić information content (AvgIpc) is 3.33. The standard InChI is InChI=1S/C17H17ClN2O2/c18-12-1-9-16(10-2-12)22-11-17(21)20-15-7-5-14(6-8-15)19-13-3-4-13/h1-2,5-10,13,19H,3-4,11H2,(H,20,21). The van der Waals surface area contributed by atoms with Gasteiger partial charge in [-0.15, -0.1) is 0 Å². The van der Waals surface area contributed by atoms with E-state index < -0.39 is 0 Å². The zero-order chi connectivity index (χ0) is 15.4. The lowest BCUT2D eigenvalue weighted by Crippen LogP contribution is -2.20. The van der Waals surface area contributed by atoms with E-state index in [0.29, 0.717) is 16.8 Å². The van der Waals surface area contributed by atoms with Gasteiger partial charge < -0.3 is 15.4 Å². The van der Waals surface area contributed by atoms with E-state index in [9.17, 15) is 4.79 Å². The molecule has 0 saturated heterocycles. The summed E-state index contributed by atoms with van der Waals surface area (Å²) < 4.78 is 5.40. The highest BCUT2D eigenvalue weighted by atomic mass is 35.5. The van der Waals surface area contributed by atoms with Gasteiger partial charge in [-0.05, 0) is 61.4 Å². The summed E-state index contributed by atoms with van der Waals surface area (Å²) in [6.45, 7) is -0.0380. The quantitative estimate of drug-likeness (QED) is 0.849. The summed E-state index contributed by atoms with van der Waals surface area (Å²) in [5, 5.41) is 6.84. The third-order valence-electron chi connectivity index (χ3n) is 3.30. The van der Waals surface area contributed by atoms with Crippen molar-refractivity contribution >= 4 is 28.9 Å². The molecule has 114 valence electrons. The summed E-state index contributed by atoms with van der Waals surface area (Å²) in [5.74, 6) is 0.418. The molecule has 3 rings (SSSR count). The number of hydrogen-bond donors (Lipinski definition) is 2. The maximum Gasteiger partial charge on any atom is 0.262 e. The highest BCUT2D eigenvalue weighted by Gasteiger charge is 2.20. The number of carbonyl (C=O) groups is 1. The Labute approximate surface area is 134 Å². The van der Waals surface area contributed by atoms with Crippen LogP contribution in [0.3, 0.4) is 0 Å². The second-order valence-corrected chi connectivity index (χ2v) is 5.72. The maximum atomic E-state index is 11.8. The summed E-state index contributed by atoms with van der Waals surface area (Å²) in [6, 6.07) is 15.2. The van der Waals surface area contributed by atoms with Crippen LogP contribution in [0.15, 0.2) is 48.5 Å². The number of anilines is 2. The maximum absolute atomic E-state index is 11.8. The van der Waals surface area contributed by atoms with Crippen molar-refractivity contribution in [2.75, 3.05) is 17.2 Å². The van der Waals surface area contributed by atoms with E-state index in [2.05, 4.69) is 10.6 Å². The van der Waals surface area contributed by atoms with Gasteiger partial charge in [0.25, 0.3) is 5.91 Å². The minimum absolute atomic E-state index is 0.0380. The molecule has 1 aliphatic rings. The molecular weight excluding hydrogens is 300 g/mol. The van der Waals surface area contributed by atoms with Crippen LogP contribution in [0.4, 0.5) is 11.4 Å². The number of ether oxygens (including phenoxy) is 1. The van der Waals surface area contributed by atoms with Crippen molar-refractivity contribution in [3.8, 4) is 5.75 Å². The highest BCUT2D eigenvalue weighted by molar-refractivity contribution is 6.30. The van der Waals surface area contributed by atoms with E-state index in [0.717, 1.165) is 11.4 Å². The van der Waals surface area contributed by atoms with Gasteiger partial charge >= 0.3 is 0 Å². The predicted octanol–water partition coefficient (Wildman–Crippen LogP) is 3.93. The lowest BCUT2D eigenvalue weighted by atomic mass is 10.2. The third-order valence-corrected chi connectivity index (χ3v) is 3.55. The number of nitrogens with one attached hydrogen (secondary N) is 2. The van der Waals surface area contributed by atoms with Gasteiger partial charge in [-0.1, -0.05) is 11.6 Å². The molecule has 0 aromatic heterocycles. The molecule has 1 saturated carbocycles. The van der Waals surface area contributed by atoms with Crippen molar-refractivity contribution in [1.82, 2.24) is 0 Å². The summed E-state index contributed by atoms with van der Waals surface area (Å²) >= 11 is 5.79. The van der Waals surface area contributed by atoms with E-state index in [1.807, 2.05) is 24.3 Å². The Bertz CT molecular complexity index is 637. The molecule has 0 radical (unpaired) electrons. The second-order valence-electron chi connectivity index (χ2n) is 5.29. The molecule has 2 N–H and O–H groups in total. The SMILES string of the molecule is O=C(COc1ccc(Cl)cc1)Nc1ccc(NC2CC2)cc1. The summed E-state index contributed by atoms with van der Waals surface area (Å²) in [4.78, 5) is 11.8. The predicted molar refractivity (Wildman–Crippen MR) is 88.7 cm³/mol. The molecule has 0 unspecified atom stereocenters. The summed E-state index contributed by atoms with van der Waals surface area (Å²) in [7, 11) is 0. The molecule has 0 bridgehead atoms. The van der Waals surface area contributed by atoms with Crippen molar-refractivity contribution < 1.29 is 9.53 Å². The molecule has 1 fully saturated rings. The van der Waals surface area contributed by atoms with Crippen LogP contribution in [0.2, 0.25) is 5.02 Å². The van der Waals surface area contributed by atoms with Crippen molar-refractivity contribution in [2.24, 2.45) is 0 Å². The normalized spacial score (nSPS) is 13.5. The topological polar surface area (TPSA) is 50.4 Å². The molecule has 1 amide bonds. The van der Waals surface area contributed by atoms with Crippen LogP contribution < -0.4 is 15.4 Å². The van der Waals surface area contributed by atoms with Crippen LogP contribution in [0.25, 0.3) is 0 Å². The number of carbonyl (C=O) groups excluding carboxylic acids is 1. The van der Waals surface area contributed by atoms with Gasteiger partial charge in [0.1, 0.15) is 5.75 Å². The number of halogens is 1. The fourth-order valence-corrected chi connectivity index (χ4v) is 2.12. The highest BCUT2D eigenvalue weighted by Crippen LogP contribution is 2.25. The number of rotatable bonds is 6. The van der Waals surface area contributed by atoms with Gasteiger partial charge in [0.15, 0.2) is 6.61 Å². The van der Waals surface area contributed by atoms with Crippen molar-refractivity contribution in [1.29, 1.82) is 0 Å². The van der Waals surface area contributed by atoms with E-state index in [-0.39, 0.29) is 12.5 Å². The van der Waals surface area contributed by atoms with Crippen LogP contribution in [0.5, 0.6) is 5.75 Å². The Morgan fingerprint density at radius 2 is 1.68 bits per heavy atom. The molecule has 22 heavy (non-hydrogen) atoms. The molecule has 2 aromatic carbocycles. The molecule has 4 nitrogen and oxygen atoms in total. The number of benzene rings is 2. The lowest BCUT2D eigenvalue weighted by Gasteiger charge is -2.09. The average molecular weight is 317 g/mol. The number of hydrogen-bond acceptors (Lipinski definition) is 3. The van der Waals surface area contributed by atoms with Crippen molar-refractivity contribution in [3.63, 3.8) is 0 Å². The first-order valence-electron chi connectivity index (χ1n) is 7.24. The zero-order valence-electron chi connectivity index (χ0n) is 12.0. The summed E-state index contributed by atoms with van der Waals surface area (Å²) in [5.41, 5.74) is 1.84. The Morgan fingerprint density at radius 1 is 1.05 bits per heavy atom. The van der Waals surface area contributed by atoms with Crippen molar-refractivity contribution in [2.45, 2.75) is 18.9 Å². The fourth-order valence-electron chi connectivity index (χ4n) is 1.99. The Kier molecular flexibility index (Phi) is 4.49. The van der Waals surface area contributed by atoms with Gasteiger partial charge in [0.2, 0.25) is 0 Å². The Hall–Kier alpha value is -2.20. The molecule has 5 heteroatoms. The van der Waals surface area contributed by atoms with Gasteiger partial charge in [-0.3, -0.25) is 4.79 Å². The van der Waals surface area contributed by atoms with Gasteiger partial charge in [0, 0.05) is 22.4 Å². The fraction of sp³-hybridized carbons (Fsp3) is 0.235. The van der Waals surface area contributed by atoms with E-state index in [1.54, 1.807) is 24.3 Å². The summed E-state index contributed by atoms with van der Waals surface area (Å²) in [6.07, 6.45) is 2.47. The van der Waals surface area contributed by atoms with Crippen molar-refractivity contribution in [3.05, 3.63) is 53.6 Å². The third kappa shape index (κ3) is 4.40. The number of amides is 1. The second kappa shape index (κ2) is 6.71. The van der Waals surface area contributed by atoms with Crippen LogP contribution in [0.1, 0.15) is 12.8 Å². The minimum Gasteiger partial charge on any atom is -0.484 e. The molecule has 2 aromatic rings. The minimum atomic E-state index is -0.196. The molecule has 0 spiro atoms. The van der Waals surface area contributed by atoms with Gasteiger partial charge in [-0.2, -0.15) is 0 Å². The Balaban J connectivity index is 1.47. The first-order valence-corrected chi connectivity index (χ1v) is 7.62. The molecule has 1 aliphatic carbocycles. The smallest absolute Gasteiger partial charge is 0.262 e. The molecule has 0 heterocycles. The Morgan fingerprint density at radius 3 is 2.32 bits per heavy atom. The monoisotopic (exact) mass is 316 g/mol. The first-order chi connectivity index (χ1) is 10.7. The largest absolute Gasteiger partial charge is 0.484 e. The van der Waals surface area contributed by atoms with Gasteiger partial charge in [-0.25, -0.2) is 0 Å². The van der Waals surface area contributed by atoms with E-state index in [4.69, 9.17) is 16.3 Å². The first kappa shape index (κ1) is 14.7. The van der Waals surface area contributed by atoms with Gasteiger partial charge in [0.05, 0.1) is 0 Å². The lowest BCUT2D eigenvalue weighted by molar-refractivity contribution is -0.118. The van der Waals surface area contributed by atoms with Crippen LogP contribution in [0, 0.1) is 0 Å². The van der Waals surface area contributed by atoms with Crippen LogP contribution in [-0.4, -0.2) is 18.6 Å². The molecular formula is C17H17ClN2O2. The van der Waals surface area contributed by atoms with E-state index in [1.165, 1.54) is 12.8 Å². The van der Waals surface area contributed by atoms with Crippen LogP contribution in [-0.2, 0) is 4.79 Å². The van der Waals surface area contributed by atoms with E-state index >= 15 is 0 Å². The molecule has 0 atom stereocenters. The molecule has 0 aliphatic heterocycles. The van der Waals surface area contributed by atoms with Crippen LogP contribution >= 0.6 is 11.6 Å².